The number of esters is 1. The molecule has 0 aliphatic heterocycles. The summed E-state index contributed by atoms with van der Waals surface area (Å²) in [7, 11) is -3.29. The molecule has 0 amide bonds. The second-order valence-electron chi connectivity index (χ2n) is 5.03. The van der Waals surface area contributed by atoms with Gasteiger partial charge in [0.25, 0.3) is 0 Å². The van der Waals surface area contributed by atoms with Gasteiger partial charge in [0.2, 0.25) is 0 Å². The largest absolute Gasteiger partial charge is 0.455 e. The van der Waals surface area contributed by atoms with E-state index in [4.69, 9.17) is 9.26 Å². The van der Waals surface area contributed by atoms with Gasteiger partial charge in [0.1, 0.15) is 12.3 Å². The van der Waals surface area contributed by atoms with Crippen LogP contribution < -0.4 is 0 Å². The molecule has 2 heterocycles. The van der Waals surface area contributed by atoms with E-state index in [1.807, 2.05) is 17.5 Å². The normalized spacial score (nSPS) is 11.4. The summed E-state index contributed by atoms with van der Waals surface area (Å²) < 4.78 is 33.1. The fourth-order valence-electron chi connectivity index (χ4n) is 1.98. The molecule has 0 saturated carbocycles. The van der Waals surface area contributed by atoms with Crippen molar-refractivity contribution in [2.45, 2.75) is 11.5 Å². The molecule has 124 valence electrons. The smallest absolute Gasteiger partial charge is 0.338 e. The number of rotatable bonds is 5. The van der Waals surface area contributed by atoms with Crippen LogP contribution in [0.3, 0.4) is 0 Å². The quantitative estimate of drug-likeness (QED) is 0.647. The van der Waals surface area contributed by atoms with Crippen molar-refractivity contribution >= 4 is 27.1 Å². The highest BCUT2D eigenvalue weighted by Crippen LogP contribution is 2.25. The van der Waals surface area contributed by atoms with E-state index in [2.05, 4.69) is 5.16 Å². The number of aromatic nitrogens is 1. The second kappa shape index (κ2) is 6.58. The minimum Gasteiger partial charge on any atom is -0.455 e. The van der Waals surface area contributed by atoms with E-state index in [9.17, 15) is 13.2 Å². The molecular formula is C16H13NO5S2. The maximum Gasteiger partial charge on any atom is 0.338 e. The molecule has 0 saturated heterocycles. The number of ether oxygens (including phenoxy) is 1. The predicted molar refractivity (Wildman–Crippen MR) is 88.5 cm³/mol. The third-order valence-electron chi connectivity index (χ3n) is 3.19. The lowest BCUT2D eigenvalue weighted by molar-refractivity contribution is 0.0464. The van der Waals surface area contributed by atoms with Crippen LogP contribution in [-0.4, -0.2) is 25.8 Å². The average Bonchev–Trinajstić information content (AvgIpc) is 3.23. The Hall–Kier alpha value is -2.45. The lowest BCUT2D eigenvalue weighted by Crippen LogP contribution is -2.06. The molecule has 0 atom stereocenters. The van der Waals surface area contributed by atoms with Crippen molar-refractivity contribution in [3.05, 3.63) is 59.1 Å². The van der Waals surface area contributed by atoms with Crippen LogP contribution in [0.25, 0.3) is 10.6 Å². The Bertz CT molecular complexity index is 941. The minimum absolute atomic E-state index is 0.0263. The Kier molecular flexibility index (Phi) is 4.50. The monoisotopic (exact) mass is 363 g/mol. The number of thiophene rings is 1. The van der Waals surface area contributed by atoms with Gasteiger partial charge in [-0.3, -0.25) is 0 Å². The van der Waals surface area contributed by atoms with E-state index in [1.165, 1.54) is 35.6 Å². The van der Waals surface area contributed by atoms with E-state index in [1.54, 1.807) is 6.07 Å². The molecule has 0 radical (unpaired) electrons. The number of sulfone groups is 1. The van der Waals surface area contributed by atoms with Crippen molar-refractivity contribution in [2.24, 2.45) is 0 Å². The van der Waals surface area contributed by atoms with Crippen molar-refractivity contribution < 1.29 is 22.5 Å². The van der Waals surface area contributed by atoms with Gasteiger partial charge in [-0.25, -0.2) is 13.2 Å². The summed E-state index contributed by atoms with van der Waals surface area (Å²) in [4.78, 5) is 13.1. The highest BCUT2D eigenvalue weighted by Gasteiger charge is 2.13. The SMILES string of the molecule is CS(=O)(=O)c1ccc(C(=O)OCc2cc(-c3cccs3)on2)cc1. The van der Waals surface area contributed by atoms with E-state index < -0.39 is 15.8 Å². The molecule has 0 bridgehead atoms. The van der Waals surface area contributed by atoms with Crippen molar-refractivity contribution in [3.8, 4) is 10.6 Å². The number of benzene rings is 1. The van der Waals surface area contributed by atoms with Gasteiger partial charge in [0, 0.05) is 12.3 Å². The summed E-state index contributed by atoms with van der Waals surface area (Å²) in [6.07, 6.45) is 1.11. The summed E-state index contributed by atoms with van der Waals surface area (Å²) in [6, 6.07) is 11.1. The summed E-state index contributed by atoms with van der Waals surface area (Å²) >= 11 is 1.52. The first-order valence-corrected chi connectivity index (χ1v) is 9.67. The number of hydrogen-bond donors (Lipinski definition) is 0. The van der Waals surface area contributed by atoms with Crippen LogP contribution in [-0.2, 0) is 21.2 Å². The topological polar surface area (TPSA) is 86.5 Å². The van der Waals surface area contributed by atoms with Crippen LogP contribution in [0.2, 0.25) is 0 Å². The fourth-order valence-corrected chi connectivity index (χ4v) is 3.28. The van der Waals surface area contributed by atoms with Gasteiger partial charge >= 0.3 is 5.97 Å². The van der Waals surface area contributed by atoms with E-state index in [-0.39, 0.29) is 17.1 Å². The molecule has 1 aromatic carbocycles. The first-order chi connectivity index (χ1) is 11.4. The van der Waals surface area contributed by atoms with E-state index in [0.29, 0.717) is 11.5 Å². The van der Waals surface area contributed by atoms with E-state index >= 15 is 0 Å². The van der Waals surface area contributed by atoms with Crippen molar-refractivity contribution in [3.63, 3.8) is 0 Å². The molecule has 3 aromatic rings. The molecule has 6 nitrogen and oxygen atoms in total. The summed E-state index contributed by atoms with van der Waals surface area (Å²) in [5.74, 6) is 0.0595. The van der Waals surface area contributed by atoms with Crippen LogP contribution in [0.1, 0.15) is 16.1 Å². The zero-order valence-electron chi connectivity index (χ0n) is 12.6. The molecule has 24 heavy (non-hydrogen) atoms. The zero-order valence-corrected chi connectivity index (χ0v) is 14.3. The van der Waals surface area contributed by atoms with Gasteiger partial charge in [0.15, 0.2) is 15.6 Å². The average molecular weight is 363 g/mol. The van der Waals surface area contributed by atoms with Crippen LogP contribution in [0.15, 0.2) is 57.3 Å². The Balaban J connectivity index is 1.63. The molecule has 3 rings (SSSR count). The predicted octanol–water partition coefficient (Wildman–Crippen LogP) is 3.16. The van der Waals surface area contributed by atoms with Crippen LogP contribution in [0, 0.1) is 0 Å². The third-order valence-corrected chi connectivity index (χ3v) is 5.21. The lowest BCUT2D eigenvalue weighted by Gasteiger charge is -2.03. The Morgan fingerprint density at radius 3 is 2.62 bits per heavy atom. The summed E-state index contributed by atoms with van der Waals surface area (Å²) in [5, 5.41) is 5.79. The Morgan fingerprint density at radius 1 is 1.25 bits per heavy atom. The van der Waals surface area contributed by atoms with Gasteiger partial charge in [0.05, 0.1) is 15.3 Å². The zero-order chi connectivity index (χ0) is 17.2. The van der Waals surface area contributed by atoms with Crippen LogP contribution >= 0.6 is 11.3 Å². The van der Waals surface area contributed by atoms with Crippen LogP contribution in [0.5, 0.6) is 0 Å². The summed E-state index contributed by atoms with van der Waals surface area (Å²) in [6.45, 7) is -0.0263. The molecule has 0 aliphatic rings. The lowest BCUT2D eigenvalue weighted by atomic mass is 10.2. The van der Waals surface area contributed by atoms with Gasteiger partial charge < -0.3 is 9.26 Å². The standard InChI is InChI=1S/C16H13NO5S2/c1-24(19,20)13-6-4-11(5-7-13)16(18)21-10-12-9-14(22-17-12)15-3-2-8-23-15/h2-9H,10H2,1H3. The highest BCUT2D eigenvalue weighted by atomic mass is 32.2. The Morgan fingerprint density at radius 2 is 2.00 bits per heavy atom. The third kappa shape index (κ3) is 3.72. The van der Waals surface area contributed by atoms with Crippen molar-refractivity contribution in [1.82, 2.24) is 5.16 Å². The van der Waals surface area contributed by atoms with Gasteiger partial charge in [-0.1, -0.05) is 11.2 Å². The fraction of sp³-hybridized carbons (Fsp3) is 0.125. The molecule has 0 spiro atoms. The maximum absolute atomic E-state index is 12.0. The highest BCUT2D eigenvalue weighted by molar-refractivity contribution is 7.90. The molecular weight excluding hydrogens is 350 g/mol. The number of nitrogens with zero attached hydrogens (tertiary/aromatic N) is 1. The summed E-state index contributed by atoms with van der Waals surface area (Å²) in [5.41, 5.74) is 0.767. The van der Waals surface area contributed by atoms with Crippen molar-refractivity contribution in [2.75, 3.05) is 6.26 Å². The minimum atomic E-state index is -3.29. The van der Waals surface area contributed by atoms with Gasteiger partial charge in [-0.05, 0) is 35.7 Å². The second-order valence-corrected chi connectivity index (χ2v) is 8.00. The first kappa shape index (κ1) is 16.4. The molecule has 0 N–H and O–H groups in total. The molecule has 2 aromatic heterocycles. The van der Waals surface area contributed by atoms with Gasteiger partial charge in [-0.2, -0.15) is 0 Å². The van der Waals surface area contributed by atoms with Crippen LogP contribution in [0.4, 0.5) is 0 Å². The van der Waals surface area contributed by atoms with Crippen molar-refractivity contribution in [1.29, 1.82) is 0 Å². The van der Waals surface area contributed by atoms with E-state index in [0.717, 1.165) is 11.1 Å². The number of hydrogen-bond acceptors (Lipinski definition) is 7. The molecule has 8 heteroatoms. The maximum atomic E-state index is 12.0. The molecule has 0 unspecified atom stereocenters. The Labute approximate surface area is 142 Å². The van der Waals surface area contributed by atoms with Gasteiger partial charge in [-0.15, -0.1) is 11.3 Å². The number of carbonyl (C=O) groups is 1. The number of carbonyl (C=O) groups excluding carboxylic acids is 1. The first-order valence-electron chi connectivity index (χ1n) is 6.90. The molecule has 0 aliphatic carbocycles. The molecule has 0 fully saturated rings.